The maximum absolute atomic E-state index is 13.0. The van der Waals surface area contributed by atoms with Gasteiger partial charge in [-0.05, 0) is 42.2 Å². The molecule has 3 atom stereocenters. The minimum absolute atomic E-state index is 0.0195. The lowest BCUT2D eigenvalue weighted by Gasteiger charge is -2.40. The summed E-state index contributed by atoms with van der Waals surface area (Å²) < 4.78 is 5.20. The lowest BCUT2D eigenvalue weighted by molar-refractivity contribution is -0.130. The first-order valence-electron chi connectivity index (χ1n) is 7.90. The average Bonchev–Trinajstić information content (AvgIpc) is 2.78. The summed E-state index contributed by atoms with van der Waals surface area (Å²) in [7, 11) is 1.61. The fourth-order valence-electron chi connectivity index (χ4n) is 4.58. The van der Waals surface area contributed by atoms with E-state index < -0.39 is 11.5 Å². The number of aliphatic hydroxyl groups is 1. The van der Waals surface area contributed by atoms with Gasteiger partial charge in [-0.3, -0.25) is 4.79 Å². The normalized spacial score (nSPS) is 35.4. The molecule has 2 aliphatic rings. The van der Waals surface area contributed by atoms with E-state index in [-0.39, 0.29) is 16.7 Å². The summed E-state index contributed by atoms with van der Waals surface area (Å²) in [5.74, 6) is 0.739. The van der Waals surface area contributed by atoms with Gasteiger partial charge in [0.15, 0.2) is 0 Å². The molecule has 22 heavy (non-hydrogen) atoms. The fourth-order valence-corrected chi connectivity index (χ4v) is 4.58. The molecule has 0 aromatic heterocycles. The highest BCUT2D eigenvalue weighted by atomic mass is 16.5. The molecule has 2 saturated carbocycles. The SMILES string of the molecule is COc1cccc(NC(=O)C23CCC(C)(C(O)C2)C3(C)C)c1. The van der Waals surface area contributed by atoms with Crippen molar-refractivity contribution in [3.8, 4) is 5.75 Å². The molecule has 3 unspecified atom stereocenters. The highest BCUT2D eigenvalue weighted by molar-refractivity contribution is 5.97. The molecule has 2 bridgehead atoms. The Balaban J connectivity index is 1.89. The third-order valence-electron chi connectivity index (χ3n) is 6.73. The van der Waals surface area contributed by atoms with Crippen LogP contribution in [0.15, 0.2) is 24.3 Å². The number of anilines is 1. The molecule has 4 heteroatoms. The van der Waals surface area contributed by atoms with E-state index in [1.807, 2.05) is 24.3 Å². The Morgan fingerprint density at radius 3 is 2.59 bits per heavy atom. The van der Waals surface area contributed by atoms with Crippen molar-refractivity contribution >= 4 is 11.6 Å². The van der Waals surface area contributed by atoms with Gasteiger partial charge in [0.25, 0.3) is 0 Å². The third kappa shape index (κ3) is 1.76. The van der Waals surface area contributed by atoms with Crippen molar-refractivity contribution in [3.05, 3.63) is 24.3 Å². The number of methoxy groups -OCH3 is 1. The molecular formula is C18H25NO3. The lowest BCUT2D eigenvalue weighted by atomic mass is 9.64. The first-order chi connectivity index (χ1) is 10.3. The highest BCUT2D eigenvalue weighted by Crippen LogP contribution is 2.72. The zero-order valence-electron chi connectivity index (χ0n) is 13.8. The van der Waals surface area contributed by atoms with Gasteiger partial charge in [0.2, 0.25) is 5.91 Å². The van der Waals surface area contributed by atoms with E-state index in [0.29, 0.717) is 6.42 Å². The minimum atomic E-state index is -0.496. The van der Waals surface area contributed by atoms with Crippen LogP contribution in [0, 0.1) is 16.2 Å². The number of rotatable bonds is 3. The Kier molecular flexibility index (Phi) is 3.29. The molecule has 2 aliphatic carbocycles. The van der Waals surface area contributed by atoms with Crippen molar-refractivity contribution in [2.24, 2.45) is 16.2 Å². The van der Waals surface area contributed by atoms with Crippen LogP contribution in [0.3, 0.4) is 0 Å². The van der Waals surface area contributed by atoms with Crippen LogP contribution in [0.2, 0.25) is 0 Å². The van der Waals surface area contributed by atoms with Crippen molar-refractivity contribution in [2.75, 3.05) is 12.4 Å². The van der Waals surface area contributed by atoms with Gasteiger partial charge in [0, 0.05) is 11.8 Å². The van der Waals surface area contributed by atoms with Gasteiger partial charge in [-0.25, -0.2) is 0 Å². The fraction of sp³-hybridized carbons (Fsp3) is 0.611. The molecule has 0 heterocycles. The molecule has 2 fully saturated rings. The summed E-state index contributed by atoms with van der Waals surface area (Å²) in [6.07, 6.45) is 1.87. The summed E-state index contributed by atoms with van der Waals surface area (Å²) in [6, 6.07) is 7.40. The minimum Gasteiger partial charge on any atom is -0.497 e. The number of amides is 1. The van der Waals surface area contributed by atoms with E-state index >= 15 is 0 Å². The molecule has 1 amide bonds. The molecule has 3 rings (SSSR count). The summed E-state index contributed by atoms with van der Waals surface area (Å²) >= 11 is 0. The molecule has 4 nitrogen and oxygen atoms in total. The van der Waals surface area contributed by atoms with Crippen LogP contribution in [0.25, 0.3) is 0 Å². The Bertz CT molecular complexity index is 612. The maximum Gasteiger partial charge on any atom is 0.231 e. The molecule has 0 spiro atoms. The molecule has 120 valence electrons. The Morgan fingerprint density at radius 1 is 1.32 bits per heavy atom. The summed E-state index contributed by atoms with van der Waals surface area (Å²) in [4.78, 5) is 13.0. The van der Waals surface area contributed by atoms with Gasteiger partial charge in [-0.1, -0.05) is 26.8 Å². The third-order valence-corrected chi connectivity index (χ3v) is 6.73. The molecule has 1 aromatic carbocycles. The number of benzene rings is 1. The number of carbonyl (C=O) groups excluding carboxylic acids is 1. The zero-order valence-corrected chi connectivity index (χ0v) is 13.8. The van der Waals surface area contributed by atoms with Gasteiger partial charge in [-0.15, -0.1) is 0 Å². The van der Waals surface area contributed by atoms with Crippen LogP contribution in [0.4, 0.5) is 5.69 Å². The van der Waals surface area contributed by atoms with Crippen LogP contribution in [-0.4, -0.2) is 24.2 Å². The maximum atomic E-state index is 13.0. The number of nitrogens with one attached hydrogen (secondary N) is 1. The van der Waals surface area contributed by atoms with E-state index in [1.54, 1.807) is 7.11 Å². The monoisotopic (exact) mass is 303 g/mol. The second-order valence-corrected chi connectivity index (χ2v) is 7.53. The predicted octanol–water partition coefficient (Wildman–Crippen LogP) is 3.21. The van der Waals surface area contributed by atoms with E-state index in [0.717, 1.165) is 24.3 Å². The summed E-state index contributed by atoms with van der Waals surface area (Å²) in [6.45, 7) is 6.37. The number of aliphatic hydroxyl groups excluding tert-OH is 1. The molecule has 0 aliphatic heterocycles. The Morgan fingerprint density at radius 2 is 2.05 bits per heavy atom. The summed E-state index contributed by atoms with van der Waals surface area (Å²) in [5, 5.41) is 13.5. The number of hydrogen-bond acceptors (Lipinski definition) is 3. The van der Waals surface area contributed by atoms with Gasteiger partial charge in [0.1, 0.15) is 5.75 Å². The topological polar surface area (TPSA) is 58.6 Å². The Hall–Kier alpha value is -1.55. The zero-order chi connectivity index (χ0) is 16.2. The number of fused-ring (bicyclic) bond motifs is 2. The van der Waals surface area contributed by atoms with Gasteiger partial charge >= 0.3 is 0 Å². The largest absolute Gasteiger partial charge is 0.497 e. The molecule has 0 radical (unpaired) electrons. The lowest BCUT2D eigenvalue weighted by Crippen LogP contribution is -2.43. The van der Waals surface area contributed by atoms with E-state index in [9.17, 15) is 9.90 Å². The molecule has 0 saturated heterocycles. The van der Waals surface area contributed by atoms with Gasteiger partial charge < -0.3 is 15.2 Å². The first kappa shape index (κ1) is 15.3. The van der Waals surface area contributed by atoms with Crippen molar-refractivity contribution in [3.63, 3.8) is 0 Å². The van der Waals surface area contributed by atoms with E-state index in [1.165, 1.54) is 0 Å². The average molecular weight is 303 g/mol. The quantitative estimate of drug-likeness (QED) is 0.901. The summed E-state index contributed by atoms with van der Waals surface area (Å²) in [5.41, 5.74) is -0.157. The Labute approximate surface area is 131 Å². The number of carbonyl (C=O) groups is 1. The highest BCUT2D eigenvalue weighted by Gasteiger charge is 2.72. The van der Waals surface area contributed by atoms with Crippen molar-refractivity contribution in [1.29, 1.82) is 0 Å². The van der Waals surface area contributed by atoms with Crippen molar-refractivity contribution in [1.82, 2.24) is 0 Å². The van der Waals surface area contributed by atoms with Gasteiger partial charge in [0.05, 0.1) is 18.6 Å². The second-order valence-electron chi connectivity index (χ2n) is 7.53. The van der Waals surface area contributed by atoms with Gasteiger partial charge in [-0.2, -0.15) is 0 Å². The second kappa shape index (κ2) is 4.72. The van der Waals surface area contributed by atoms with Crippen molar-refractivity contribution in [2.45, 2.75) is 46.1 Å². The molecule has 2 N–H and O–H groups in total. The van der Waals surface area contributed by atoms with Crippen molar-refractivity contribution < 1.29 is 14.6 Å². The first-order valence-corrected chi connectivity index (χ1v) is 7.90. The van der Waals surface area contributed by atoms with Crippen LogP contribution in [0.1, 0.15) is 40.0 Å². The molecular weight excluding hydrogens is 278 g/mol. The van der Waals surface area contributed by atoms with E-state index in [2.05, 4.69) is 26.1 Å². The van der Waals surface area contributed by atoms with Crippen LogP contribution >= 0.6 is 0 Å². The smallest absolute Gasteiger partial charge is 0.231 e. The standard InChI is InChI=1S/C18H25NO3/c1-16(2)17(3)8-9-18(16,11-14(17)20)15(21)19-12-6-5-7-13(10-12)22-4/h5-7,10,14,20H,8-9,11H2,1-4H3,(H,19,21). The van der Waals surface area contributed by atoms with Crippen LogP contribution in [0.5, 0.6) is 5.75 Å². The predicted molar refractivity (Wildman–Crippen MR) is 85.8 cm³/mol. The van der Waals surface area contributed by atoms with E-state index in [4.69, 9.17) is 4.74 Å². The van der Waals surface area contributed by atoms with Crippen LogP contribution in [-0.2, 0) is 4.79 Å². The number of hydrogen-bond donors (Lipinski definition) is 2. The van der Waals surface area contributed by atoms with Crippen LogP contribution < -0.4 is 10.1 Å². The molecule has 1 aromatic rings. The number of ether oxygens (including phenoxy) is 1.